The molecule has 0 aliphatic rings. The molecule has 2 rings (SSSR count). The van der Waals surface area contributed by atoms with Crippen LogP contribution >= 0.6 is 0 Å². The minimum atomic E-state index is -0.538. The van der Waals surface area contributed by atoms with Gasteiger partial charge in [-0.3, -0.25) is 0 Å². The summed E-state index contributed by atoms with van der Waals surface area (Å²) < 4.78 is 10.3. The number of carbonyl (C=O) groups excluding carboxylic acids is 2. The van der Waals surface area contributed by atoms with E-state index in [9.17, 15) is 9.59 Å². The Bertz CT molecular complexity index is 826. The zero-order valence-corrected chi connectivity index (χ0v) is 18.1. The number of nitrogens with one attached hydrogen (secondary N) is 4. The lowest BCUT2D eigenvalue weighted by Gasteiger charge is -2.19. The molecule has 0 atom stereocenters. The van der Waals surface area contributed by atoms with Gasteiger partial charge in [0.1, 0.15) is 18.5 Å². The van der Waals surface area contributed by atoms with Crippen molar-refractivity contribution in [3.8, 4) is 0 Å². The van der Waals surface area contributed by atoms with Crippen molar-refractivity contribution in [1.82, 2.24) is 20.6 Å². The summed E-state index contributed by atoms with van der Waals surface area (Å²) in [6.45, 7) is 7.28. The number of benzene rings is 1. The fourth-order valence-electron chi connectivity index (χ4n) is 2.40. The third kappa shape index (κ3) is 10.2. The summed E-state index contributed by atoms with van der Waals surface area (Å²) in [7, 11) is 0. The molecule has 0 saturated carbocycles. The Morgan fingerprint density at radius 2 is 1.61 bits per heavy atom. The Kier molecular flexibility index (Phi) is 9.34. The minimum absolute atomic E-state index is 0.220. The zero-order valence-electron chi connectivity index (χ0n) is 18.1. The molecule has 2 aromatic rings. The van der Waals surface area contributed by atoms with E-state index in [-0.39, 0.29) is 6.61 Å². The van der Waals surface area contributed by atoms with Crippen LogP contribution in [-0.2, 0) is 16.1 Å². The highest BCUT2D eigenvalue weighted by molar-refractivity contribution is 5.68. The van der Waals surface area contributed by atoms with Crippen LogP contribution in [0.4, 0.5) is 21.1 Å². The molecule has 2 amide bonds. The first-order chi connectivity index (χ1) is 14.8. The Hall–Kier alpha value is -3.56. The molecular weight excluding hydrogens is 400 g/mol. The number of hydrogen-bond acceptors (Lipinski definition) is 8. The van der Waals surface area contributed by atoms with Crippen molar-refractivity contribution in [2.45, 2.75) is 33.0 Å². The molecule has 0 radical (unpaired) electrons. The monoisotopic (exact) mass is 430 g/mol. The molecule has 0 aliphatic heterocycles. The highest BCUT2D eigenvalue weighted by Crippen LogP contribution is 2.15. The number of alkyl carbamates (subject to hydrolysis) is 2. The van der Waals surface area contributed by atoms with Gasteiger partial charge in [-0.1, -0.05) is 30.3 Å². The van der Waals surface area contributed by atoms with Gasteiger partial charge in [-0.2, -0.15) is 0 Å². The smallest absolute Gasteiger partial charge is 0.407 e. The number of hydrogen-bond donors (Lipinski definition) is 4. The predicted molar refractivity (Wildman–Crippen MR) is 118 cm³/mol. The zero-order chi connectivity index (χ0) is 22.5. The van der Waals surface area contributed by atoms with Gasteiger partial charge >= 0.3 is 12.2 Å². The summed E-state index contributed by atoms with van der Waals surface area (Å²) in [5.41, 5.74) is 1.07. The summed E-state index contributed by atoms with van der Waals surface area (Å²) in [5.74, 6) is 0.590. The van der Waals surface area contributed by atoms with Crippen molar-refractivity contribution in [1.29, 1.82) is 0 Å². The number of amides is 2. The molecule has 1 aromatic carbocycles. The summed E-state index contributed by atoms with van der Waals surface area (Å²) in [6.07, 6.45) is 2.10. The van der Waals surface area contributed by atoms with Crippen LogP contribution in [0.3, 0.4) is 0 Å². The molecule has 0 fully saturated rings. The van der Waals surface area contributed by atoms with E-state index in [4.69, 9.17) is 9.47 Å². The van der Waals surface area contributed by atoms with E-state index in [1.165, 1.54) is 6.33 Å². The molecule has 0 aliphatic carbocycles. The molecule has 31 heavy (non-hydrogen) atoms. The fourth-order valence-corrected chi connectivity index (χ4v) is 2.40. The van der Waals surface area contributed by atoms with Gasteiger partial charge < -0.3 is 30.7 Å². The maximum Gasteiger partial charge on any atom is 0.407 e. The predicted octanol–water partition coefficient (Wildman–Crippen LogP) is 2.75. The third-order valence-electron chi connectivity index (χ3n) is 3.72. The third-order valence-corrected chi connectivity index (χ3v) is 3.72. The second kappa shape index (κ2) is 12.2. The Morgan fingerprint density at radius 3 is 2.32 bits per heavy atom. The van der Waals surface area contributed by atoms with Gasteiger partial charge in [-0.15, -0.1) is 0 Å². The van der Waals surface area contributed by atoms with Crippen molar-refractivity contribution < 1.29 is 19.1 Å². The molecule has 10 heteroatoms. The quantitative estimate of drug-likeness (QED) is 0.424. The van der Waals surface area contributed by atoms with Crippen LogP contribution < -0.4 is 21.3 Å². The normalized spacial score (nSPS) is 10.7. The molecule has 0 bridgehead atoms. The van der Waals surface area contributed by atoms with Gasteiger partial charge in [0.25, 0.3) is 0 Å². The van der Waals surface area contributed by atoms with Crippen molar-refractivity contribution in [3.63, 3.8) is 0 Å². The van der Waals surface area contributed by atoms with Crippen LogP contribution in [0, 0.1) is 0 Å². The summed E-state index contributed by atoms with van der Waals surface area (Å²) in [5, 5.41) is 11.6. The molecule has 0 saturated heterocycles. The van der Waals surface area contributed by atoms with Crippen LogP contribution in [0.25, 0.3) is 0 Å². The molecule has 1 aromatic heterocycles. The lowest BCUT2D eigenvalue weighted by atomic mass is 10.2. The van der Waals surface area contributed by atoms with Gasteiger partial charge in [0.2, 0.25) is 0 Å². The van der Waals surface area contributed by atoms with Crippen molar-refractivity contribution >= 4 is 23.7 Å². The van der Waals surface area contributed by atoms with Crippen LogP contribution in [0.1, 0.15) is 26.3 Å². The van der Waals surface area contributed by atoms with Crippen molar-refractivity contribution in [2.75, 3.05) is 36.8 Å². The molecule has 168 valence electrons. The lowest BCUT2D eigenvalue weighted by molar-refractivity contribution is 0.0530. The van der Waals surface area contributed by atoms with Gasteiger partial charge in [0.05, 0.1) is 11.9 Å². The van der Waals surface area contributed by atoms with E-state index in [2.05, 4.69) is 31.2 Å². The average molecular weight is 431 g/mol. The maximum atomic E-state index is 11.8. The number of aromatic nitrogens is 2. The SMILES string of the molecule is CC(C)(C)OC(=O)NCCNc1ncncc1NCCNC(=O)OCc1ccccc1. The van der Waals surface area contributed by atoms with E-state index in [0.29, 0.717) is 37.7 Å². The largest absolute Gasteiger partial charge is 0.445 e. The molecule has 1 heterocycles. The van der Waals surface area contributed by atoms with Crippen LogP contribution in [0.2, 0.25) is 0 Å². The molecule has 0 spiro atoms. The fraction of sp³-hybridized carbons (Fsp3) is 0.429. The summed E-state index contributed by atoms with van der Waals surface area (Å²) >= 11 is 0. The summed E-state index contributed by atoms with van der Waals surface area (Å²) in [4.78, 5) is 31.6. The highest BCUT2D eigenvalue weighted by atomic mass is 16.6. The summed E-state index contributed by atoms with van der Waals surface area (Å²) in [6, 6.07) is 9.47. The first-order valence-corrected chi connectivity index (χ1v) is 10.0. The molecule has 4 N–H and O–H groups in total. The van der Waals surface area contributed by atoms with Crippen LogP contribution in [0.15, 0.2) is 42.9 Å². The van der Waals surface area contributed by atoms with Gasteiger partial charge in [0.15, 0.2) is 5.82 Å². The van der Waals surface area contributed by atoms with Gasteiger partial charge in [0, 0.05) is 26.2 Å². The van der Waals surface area contributed by atoms with E-state index in [0.717, 1.165) is 5.56 Å². The topological polar surface area (TPSA) is 127 Å². The molecule has 10 nitrogen and oxygen atoms in total. The number of ether oxygens (including phenoxy) is 2. The molecule has 0 unspecified atom stereocenters. The van der Waals surface area contributed by atoms with E-state index >= 15 is 0 Å². The standard InChI is InChI=1S/C21H30N6O4/c1-21(2,3)31-20(29)26-12-10-24-18-17(13-22-15-27-18)23-9-11-25-19(28)30-14-16-7-5-4-6-8-16/h4-8,13,15,23H,9-12,14H2,1-3H3,(H,25,28)(H,26,29)(H,22,24,27). The number of carbonyl (C=O) groups is 2. The maximum absolute atomic E-state index is 11.8. The number of nitrogens with zero attached hydrogens (tertiary/aromatic N) is 2. The average Bonchev–Trinajstić information content (AvgIpc) is 2.73. The van der Waals surface area contributed by atoms with Crippen molar-refractivity contribution in [3.05, 3.63) is 48.4 Å². The lowest BCUT2D eigenvalue weighted by Crippen LogP contribution is -2.35. The first kappa shape index (κ1) is 23.7. The Morgan fingerprint density at radius 1 is 0.935 bits per heavy atom. The number of rotatable bonds is 10. The first-order valence-electron chi connectivity index (χ1n) is 10.0. The Labute approximate surface area is 182 Å². The second-order valence-corrected chi connectivity index (χ2v) is 7.56. The van der Waals surface area contributed by atoms with Gasteiger partial charge in [-0.05, 0) is 26.3 Å². The molecular formula is C21H30N6O4. The van der Waals surface area contributed by atoms with E-state index in [1.54, 1.807) is 6.20 Å². The Balaban J connectivity index is 1.65. The van der Waals surface area contributed by atoms with Crippen LogP contribution in [0.5, 0.6) is 0 Å². The number of anilines is 2. The van der Waals surface area contributed by atoms with E-state index < -0.39 is 17.8 Å². The van der Waals surface area contributed by atoms with Crippen molar-refractivity contribution in [2.24, 2.45) is 0 Å². The van der Waals surface area contributed by atoms with Gasteiger partial charge in [-0.25, -0.2) is 19.6 Å². The van der Waals surface area contributed by atoms with Crippen LogP contribution in [-0.4, -0.2) is 53.9 Å². The highest BCUT2D eigenvalue weighted by Gasteiger charge is 2.15. The minimum Gasteiger partial charge on any atom is -0.445 e. The second-order valence-electron chi connectivity index (χ2n) is 7.56. The van der Waals surface area contributed by atoms with E-state index in [1.807, 2.05) is 51.1 Å².